The molecule has 34 heavy (non-hydrogen) atoms. The number of hydrogen-bond acceptors (Lipinski definition) is 6. The number of carbonyl (C=O) groups is 2. The van der Waals surface area contributed by atoms with Crippen LogP contribution in [0.25, 0.3) is 0 Å². The van der Waals surface area contributed by atoms with Gasteiger partial charge in [0.25, 0.3) is 11.8 Å². The number of carbonyl (C=O) groups excluding carboxylic acids is 2. The zero-order valence-electron chi connectivity index (χ0n) is 18.8. The zero-order valence-corrected chi connectivity index (χ0v) is 18.8. The van der Waals surface area contributed by atoms with E-state index in [9.17, 15) is 19.1 Å². The Kier molecular flexibility index (Phi) is 6.78. The van der Waals surface area contributed by atoms with Gasteiger partial charge >= 0.3 is 0 Å². The molecule has 4 rings (SSSR count). The molecule has 0 aliphatic carbocycles. The Hall–Kier alpha value is -3.92. The summed E-state index contributed by atoms with van der Waals surface area (Å²) in [4.78, 5) is 26.7. The highest BCUT2D eigenvalue weighted by atomic mass is 19.1. The molecule has 0 radical (unpaired) electrons. The summed E-state index contributed by atoms with van der Waals surface area (Å²) in [5, 5.41) is 16.1. The van der Waals surface area contributed by atoms with E-state index in [1.807, 2.05) is 0 Å². The minimum absolute atomic E-state index is 0.0173. The lowest BCUT2D eigenvalue weighted by Crippen LogP contribution is -2.42. The summed E-state index contributed by atoms with van der Waals surface area (Å²) in [6, 6.07) is 10.2. The van der Waals surface area contributed by atoms with Gasteiger partial charge in [0.1, 0.15) is 29.2 Å². The van der Waals surface area contributed by atoms with Crippen molar-refractivity contribution in [3.05, 3.63) is 65.6 Å². The van der Waals surface area contributed by atoms with E-state index in [0.717, 1.165) is 12.5 Å². The van der Waals surface area contributed by atoms with Gasteiger partial charge in [-0.15, -0.1) is 0 Å². The largest absolute Gasteiger partial charge is 0.488 e. The van der Waals surface area contributed by atoms with Crippen LogP contribution in [0.15, 0.2) is 48.7 Å². The van der Waals surface area contributed by atoms with Gasteiger partial charge in [0.2, 0.25) is 0 Å². The van der Waals surface area contributed by atoms with E-state index in [0.29, 0.717) is 18.9 Å². The van der Waals surface area contributed by atoms with Crippen molar-refractivity contribution in [2.45, 2.75) is 19.4 Å². The summed E-state index contributed by atoms with van der Waals surface area (Å²) in [6.45, 7) is 2.69. The Morgan fingerprint density at radius 3 is 2.53 bits per heavy atom. The zero-order chi connectivity index (χ0) is 24.2. The number of aromatic nitrogens is 2. The minimum atomic E-state index is -0.691. The van der Waals surface area contributed by atoms with Gasteiger partial charge in [0, 0.05) is 50.1 Å². The lowest BCUT2D eigenvalue weighted by atomic mass is 10.1. The van der Waals surface area contributed by atoms with Crippen molar-refractivity contribution in [2.24, 2.45) is 7.05 Å². The molecule has 2 aromatic carbocycles. The number of benzene rings is 2. The van der Waals surface area contributed by atoms with Gasteiger partial charge in [-0.25, -0.2) is 4.39 Å². The number of likely N-dealkylation sites (tertiary alicyclic amines) is 1. The monoisotopic (exact) mass is 468 g/mol. The van der Waals surface area contributed by atoms with Crippen LogP contribution in [-0.2, 0) is 7.05 Å². The second-order valence-corrected chi connectivity index (χ2v) is 8.02. The van der Waals surface area contributed by atoms with E-state index < -0.39 is 17.8 Å². The predicted molar refractivity (Wildman–Crippen MR) is 122 cm³/mol. The Morgan fingerprint density at radius 2 is 1.91 bits per heavy atom. The van der Waals surface area contributed by atoms with Crippen LogP contribution in [0.3, 0.4) is 0 Å². The number of ether oxygens (including phenoxy) is 2. The molecule has 1 atom stereocenters. The molecule has 0 bridgehead atoms. The summed E-state index contributed by atoms with van der Waals surface area (Å²) >= 11 is 0. The third kappa shape index (κ3) is 5.34. The SMILES string of the molecule is CC(CO)Oc1cc(Oc2ccc(C(=O)N3CCC3)c(F)c2)cc(C(=O)Nc2ccn(C)n2)c1. The number of amides is 2. The molecule has 2 amide bonds. The number of aliphatic hydroxyl groups excluding tert-OH is 1. The van der Waals surface area contributed by atoms with E-state index in [-0.39, 0.29) is 40.9 Å². The van der Waals surface area contributed by atoms with E-state index in [1.165, 1.54) is 30.3 Å². The van der Waals surface area contributed by atoms with Crippen molar-refractivity contribution < 1.29 is 28.6 Å². The molecular formula is C24H25FN4O5. The predicted octanol–water partition coefficient (Wildman–Crippen LogP) is 3.21. The first kappa shape index (κ1) is 23.2. The molecule has 2 N–H and O–H groups in total. The molecule has 10 heteroatoms. The van der Waals surface area contributed by atoms with Crippen LogP contribution < -0.4 is 14.8 Å². The van der Waals surface area contributed by atoms with Crippen LogP contribution >= 0.6 is 0 Å². The quantitative estimate of drug-likeness (QED) is 0.526. The average Bonchev–Trinajstić information content (AvgIpc) is 3.16. The highest BCUT2D eigenvalue weighted by Crippen LogP contribution is 2.30. The van der Waals surface area contributed by atoms with Crippen LogP contribution in [-0.4, -0.2) is 57.4 Å². The first-order valence-electron chi connectivity index (χ1n) is 10.8. The van der Waals surface area contributed by atoms with Crippen molar-refractivity contribution in [3.8, 4) is 17.2 Å². The Bertz CT molecular complexity index is 1210. The molecule has 0 spiro atoms. The molecule has 1 saturated heterocycles. The molecule has 2 heterocycles. The average molecular weight is 468 g/mol. The number of rotatable bonds is 8. The fourth-order valence-corrected chi connectivity index (χ4v) is 3.33. The normalized spacial score (nSPS) is 13.7. The molecule has 3 aromatic rings. The molecule has 1 fully saturated rings. The number of aliphatic hydroxyl groups is 1. The third-order valence-corrected chi connectivity index (χ3v) is 5.24. The fourth-order valence-electron chi connectivity index (χ4n) is 3.33. The topological polar surface area (TPSA) is 106 Å². The Labute approximate surface area is 195 Å². The second kappa shape index (κ2) is 9.92. The van der Waals surface area contributed by atoms with Crippen LogP contribution in [0.1, 0.15) is 34.1 Å². The van der Waals surface area contributed by atoms with Gasteiger partial charge in [-0.05, 0) is 37.6 Å². The smallest absolute Gasteiger partial charge is 0.257 e. The summed E-state index contributed by atoms with van der Waals surface area (Å²) in [6.07, 6.45) is 2.08. The van der Waals surface area contributed by atoms with Crippen molar-refractivity contribution in [1.29, 1.82) is 0 Å². The molecule has 178 valence electrons. The standard InChI is InChI=1S/C24H25FN4O5/c1-15(14-30)33-18-10-16(23(31)26-22-6-9-28(2)27-22)11-19(12-18)34-17-4-5-20(21(25)13-17)24(32)29-7-3-8-29/h4-6,9-13,15,30H,3,7-8,14H2,1-2H3,(H,26,27,31). The van der Waals surface area contributed by atoms with E-state index in [2.05, 4.69) is 10.4 Å². The maximum Gasteiger partial charge on any atom is 0.257 e. The van der Waals surface area contributed by atoms with Crippen LogP contribution in [0.4, 0.5) is 10.2 Å². The lowest BCUT2D eigenvalue weighted by molar-refractivity contribution is 0.0646. The first-order valence-corrected chi connectivity index (χ1v) is 10.8. The number of nitrogens with zero attached hydrogens (tertiary/aromatic N) is 3. The van der Waals surface area contributed by atoms with Crippen LogP contribution in [0.2, 0.25) is 0 Å². The van der Waals surface area contributed by atoms with Crippen molar-refractivity contribution in [2.75, 3.05) is 25.0 Å². The van der Waals surface area contributed by atoms with Crippen molar-refractivity contribution in [3.63, 3.8) is 0 Å². The highest BCUT2D eigenvalue weighted by Gasteiger charge is 2.24. The minimum Gasteiger partial charge on any atom is -0.488 e. The molecule has 1 aliphatic rings. The highest BCUT2D eigenvalue weighted by molar-refractivity contribution is 6.04. The Balaban J connectivity index is 1.57. The van der Waals surface area contributed by atoms with Crippen LogP contribution in [0, 0.1) is 5.82 Å². The molecular weight excluding hydrogens is 443 g/mol. The Morgan fingerprint density at radius 1 is 1.15 bits per heavy atom. The summed E-state index contributed by atoms with van der Waals surface area (Å²) in [5.41, 5.74) is 0.199. The van der Waals surface area contributed by atoms with Gasteiger partial charge in [-0.1, -0.05) is 0 Å². The number of anilines is 1. The van der Waals surface area contributed by atoms with E-state index >= 15 is 0 Å². The van der Waals surface area contributed by atoms with Gasteiger partial charge < -0.3 is 24.8 Å². The number of halogens is 1. The molecule has 1 aromatic heterocycles. The first-order chi connectivity index (χ1) is 16.3. The van der Waals surface area contributed by atoms with Crippen molar-refractivity contribution >= 4 is 17.6 Å². The molecule has 1 aliphatic heterocycles. The number of hydrogen-bond donors (Lipinski definition) is 2. The molecule has 1 unspecified atom stereocenters. The van der Waals surface area contributed by atoms with E-state index in [1.54, 1.807) is 35.8 Å². The second-order valence-electron chi connectivity index (χ2n) is 8.02. The maximum atomic E-state index is 14.6. The fraction of sp³-hybridized carbons (Fsp3) is 0.292. The summed E-state index contributed by atoms with van der Waals surface area (Å²) in [5.74, 6) is -0.464. The van der Waals surface area contributed by atoms with E-state index in [4.69, 9.17) is 9.47 Å². The van der Waals surface area contributed by atoms with Crippen LogP contribution in [0.5, 0.6) is 17.2 Å². The lowest BCUT2D eigenvalue weighted by Gasteiger charge is -2.31. The van der Waals surface area contributed by atoms with Gasteiger partial charge in [-0.3, -0.25) is 14.3 Å². The third-order valence-electron chi connectivity index (χ3n) is 5.24. The molecule has 9 nitrogen and oxygen atoms in total. The van der Waals surface area contributed by atoms with Gasteiger partial charge in [0.05, 0.1) is 12.2 Å². The summed E-state index contributed by atoms with van der Waals surface area (Å²) in [7, 11) is 1.73. The van der Waals surface area contributed by atoms with Crippen molar-refractivity contribution in [1.82, 2.24) is 14.7 Å². The number of nitrogens with one attached hydrogen (secondary N) is 1. The van der Waals surface area contributed by atoms with Gasteiger partial charge in [-0.2, -0.15) is 5.10 Å². The summed E-state index contributed by atoms with van der Waals surface area (Å²) < 4.78 is 27.6. The molecule has 0 saturated carbocycles. The maximum absolute atomic E-state index is 14.6. The van der Waals surface area contributed by atoms with Gasteiger partial charge in [0.15, 0.2) is 5.82 Å². The number of aryl methyl sites for hydroxylation is 1.